The van der Waals surface area contributed by atoms with Gasteiger partial charge >= 0.3 is 0 Å². The van der Waals surface area contributed by atoms with Gasteiger partial charge in [0.1, 0.15) is 6.26 Å². The van der Waals surface area contributed by atoms with E-state index in [9.17, 15) is 0 Å². The second kappa shape index (κ2) is 4.67. The molecule has 0 saturated heterocycles. The quantitative estimate of drug-likeness (QED) is 0.689. The third-order valence-electron chi connectivity index (χ3n) is 3.94. The third kappa shape index (κ3) is 1.78. The van der Waals surface area contributed by atoms with Crippen molar-refractivity contribution in [1.82, 2.24) is 0 Å². The van der Waals surface area contributed by atoms with Crippen LogP contribution < -0.4 is 15.9 Å². The molecule has 3 aromatic carbocycles. The van der Waals surface area contributed by atoms with Crippen molar-refractivity contribution in [2.24, 2.45) is 0 Å². The fourth-order valence-corrected chi connectivity index (χ4v) is 6.35. The van der Waals surface area contributed by atoms with E-state index in [1.165, 1.54) is 10.8 Å². The van der Waals surface area contributed by atoms with Gasteiger partial charge in [0, 0.05) is 23.4 Å². The summed E-state index contributed by atoms with van der Waals surface area (Å²) in [6, 6.07) is 20.8. The lowest BCUT2D eigenvalue weighted by atomic mass is 10.1. The largest absolute Gasteiger partial charge is 0.354 e. The summed E-state index contributed by atoms with van der Waals surface area (Å²) < 4.78 is 5.93. The monoisotopic (exact) mass is 311 g/mol. The molecule has 0 radical (unpaired) electrons. The van der Waals surface area contributed by atoms with Crippen LogP contribution in [0.4, 0.5) is 11.4 Å². The maximum atomic E-state index is 6.04. The summed E-state index contributed by atoms with van der Waals surface area (Å²) >= 11 is 6.04. The topological polar surface area (TPSA) is 21.3 Å². The van der Waals surface area contributed by atoms with Crippen molar-refractivity contribution >= 4 is 50.8 Å². The van der Waals surface area contributed by atoms with Crippen LogP contribution in [0.1, 0.15) is 0 Å². The van der Waals surface area contributed by atoms with Crippen molar-refractivity contribution in [3.63, 3.8) is 0 Å². The van der Waals surface area contributed by atoms with E-state index in [4.69, 9.17) is 16.3 Å². The Hall–Kier alpha value is -1.67. The molecular weight excluding hydrogens is 297 g/mol. The van der Waals surface area contributed by atoms with Crippen molar-refractivity contribution in [2.45, 2.75) is 0 Å². The Morgan fingerprint density at radius 3 is 2.52 bits per heavy atom. The maximum Gasteiger partial charge on any atom is 0.127 e. The van der Waals surface area contributed by atoms with Crippen LogP contribution in [0.3, 0.4) is 0 Å². The highest BCUT2D eigenvalue weighted by Crippen LogP contribution is 2.52. The molecule has 0 fully saturated rings. The molecule has 4 heteroatoms. The van der Waals surface area contributed by atoms with Gasteiger partial charge in [0.25, 0.3) is 0 Å². The first-order valence-corrected chi connectivity index (χ1v) is 9.51. The van der Waals surface area contributed by atoms with Crippen LogP contribution in [0, 0.1) is 0 Å². The van der Waals surface area contributed by atoms with Crippen molar-refractivity contribution in [3.8, 4) is 0 Å². The van der Waals surface area contributed by atoms with Gasteiger partial charge in [-0.1, -0.05) is 54.3 Å². The highest BCUT2D eigenvalue weighted by molar-refractivity contribution is 8.20. The predicted molar refractivity (Wildman–Crippen MR) is 94.2 cm³/mol. The second-order valence-electron chi connectivity index (χ2n) is 5.06. The number of hydrogen-bond donors (Lipinski definition) is 1. The third-order valence-corrected chi connectivity index (χ3v) is 8.14. The Morgan fingerprint density at radius 2 is 1.67 bits per heavy atom. The van der Waals surface area contributed by atoms with E-state index in [1.807, 2.05) is 12.1 Å². The molecule has 1 aliphatic heterocycles. The van der Waals surface area contributed by atoms with Crippen molar-refractivity contribution < 1.29 is 4.52 Å². The molecule has 0 spiro atoms. The van der Waals surface area contributed by atoms with Crippen molar-refractivity contribution in [3.05, 3.63) is 60.7 Å². The van der Waals surface area contributed by atoms with Crippen LogP contribution in [0.5, 0.6) is 0 Å². The minimum atomic E-state index is -2.25. The number of benzene rings is 3. The standard InChI is InChI=1S/C17H14NOPS/c1-19-20(21)16-9-5-4-8-14(16)18-15-11-10-12-6-2-3-7-13(12)17(15)20/h2-11,18H,1H3. The molecule has 104 valence electrons. The summed E-state index contributed by atoms with van der Waals surface area (Å²) in [6.07, 6.45) is -2.25. The zero-order chi connectivity index (χ0) is 14.4. The molecule has 1 N–H and O–H groups in total. The summed E-state index contributed by atoms with van der Waals surface area (Å²) in [4.78, 5) is 0. The molecule has 21 heavy (non-hydrogen) atoms. The van der Waals surface area contributed by atoms with Gasteiger partial charge in [0.15, 0.2) is 0 Å². The van der Waals surface area contributed by atoms with Gasteiger partial charge in [0.05, 0.1) is 5.69 Å². The molecule has 1 unspecified atom stereocenters. The molecule has 1 atom stereocenters. The first-order valence-electron chi connectivity index (χ1n) is 6.79. The molecule has 0 saturated carbocycles. The number of fused-ring (bicyclic) bond motifs is 4. The van der Waals surface area contributed by atoms with E-state index in [-0.39, 0.29) is 0 Å². The number of hydrogen-bond acceptors (Lipinski definition) is 3. The minimum absolute atomic E-state index is 1.06. The zero-order valence-electron chi connectivity index (χ0n) is 11.5. The van der Waals surface area contributed by atoms with Crippen LogP contribution in [0.15, 0.2) is 60.7 Å². The fraction of sp³-hybridized carbons (Fsp3) is 0.0588. The van der Waals surface area contributed by atoms with Gasteiger partial charge in [-0.25, -0.2) is 0 Å². The number of anilines is 2. The van der Waals surface area contributed by atoms with Crippen LogP contribution in [0.25, 0.3) is 10.8 Å². The normalized spacial score (nSPS) is 19.7. The average Bonchev–Trinajstić information content (AvgIpc) is 2.54. The van der Waals surface area contributed by atoms with Gasteiger partial charge < -0.3 is 9.84 Å². The van der Waals surface area contributed by atoms with E-state index in [2.05, 4.69) is 53.8 Å². The summed E-state index contributed by atoms with van der Waals surface area (Å²) in [7, 11) is 1.73. The highest BCUT2D eigenvalue weighted by atomic mass is 32.4. The zero-order valence-corrected chi connectivity index (χ0v) is 13.2. The number of para-hydroxylation sites is 1. The van der Waals surface area contributed by atoms with Gasteiger partial charge in [-0.2, -0.15) is 0 Å². The Bertz CT molecular complexity index is 906. The van der Waals surface area contributed by atoms with Crippen LogP contribution in [-0.2, 0) is 16.3 Å². The molecular formula is C17H14NOPS. The molecule has 0 aliphatic carbocycles. The Kier molecular flexibility index (Phi) is 2.90. The number of nitrogens with one attached hydrogen (secondary N) is 1. The summed E-state index contributed by atoms with van der Waals surface area (Å²) in [6.45, 7) is 0. The highest BCUT2D eigenvalue weighted by Gasteiger charge is 2.33. The molecule has 2 nitrogen and oxygen atoms in total. The smallest absolute Gasteiger partial charge is 0.127 e. The molecule has 4 rings (SSSR count). The van der Waals surface area contributed by atoms with Gasteiger partial charge in [-0.3, -0.25) is 0 Å². The minimum Gasteiger partial charge on any atom is -0.354 e. The molecule has 0 amide bonds. The SMILES string of the molecule is COP1(=S)c2ccccc2Nc2ccc3ccccc3c21. The van der Waals surface area contributed by atoms with Crippen molar-refractivity contribution in [1.29, 1.82) is 0 Å². The maximum absolute atomic E-state index is 6.04. The van der Waals surface area contributed by atoms with Gasteiger partial charge in [-0.15, -0.1) is 0 Å². The Labute approximate surface area is 128 Å². The average molecular weight is 311 g/mol. The lowest BCUT2D eigenvalue weighted by Gasteiger charge is -2.32. The van der Waals surface area contributed by atoms with E-state index in [0.29, 0.717) is 0 Å². The summed E-state index contributed by atoms with van der Waals surface area (Å²) in [5, 5.41) is 8.12. The van der Waals surface area contributed by atoms with Crippen molar-refractivity contribution in [2.75, 3.05) is 12.4 Å². The number of rotatable bonds is 1. The van der Waals surface area contributed by atoms with Gasteiger partial charge in [-0.05, 0) is 29.0 Å². The van der Waals surface area contributed by atoms with Crippen LogP contribution in [-0.4, -0.2) is 7.11 Å². The van der Waals surface area contributed by atoms with Crippen LogP contribution >= 0.6 is 6.26 Å². The van der Waals surface area contributed by atoms with E-state index < -0.39 is 6.26 Å². The molecule has 3 aromatic rings. The van der Waals surface area contributed by atoms with E-state index in [0.717, 1.165) is 22.0 Å². The van der Waals surface area contributed by atoms with E-state index >= 15 is 0 Å². The first-order chi connectivity index (χ1) is 10.2. The molecule has 0 aromatic heterocycles. The van der Waals surface area contributed by atoms with E-state index in [1.54, 1.807) is 7.11 Å². The predicted octanol–water partition coefficient (Wildman–Crippen LogP) is 3.89. The Morgan fingerprint density at radius 1 is 0.905 bits per heavy atom. The lowest BCUT2D eigenvalue weighted by molar-refractivity contribution is 0.472. The molecule has 1 heterocycles. The molecule has 1 aliphatic rings. The van der Waals surface area contributed by atoms with Crippen LogP contribution in [0.2, 0.25) is 0 Å². The summed E-state index contributed by atoms with van der Waals surface area (Å²) in [5.41, 5.74) is 2.13. The fourth-order valence-electron chi connectivity index (χ4n) is 2.96. The Balaban J connectivity index is 2.14. The first kappa shape index (κ1) is 13.0. The van der Waals surface area contributed by atoms with Gasteiger partial charge in [0.2, 0.25) is 0 Å². The lowest BCUT2D eigenvalue weighted by Crippen LogP contribution is -2.27. The summed E-state index contributed by atoms with van der Waals surface area (Å²) in [5.74, 6) is 0. The second-order valence-corrected chi connectivity index (χ2v) is 9.00. The molecule has 0 bridgehead atoms.